The Balaban J connectivity index is 0.00000107. The van der Waals surface area contributed by atoms with Crippen molar-refractivity contribution in [2.45, 2.75) is 56.8 Å². The molecule has 1 aromatic carbocycles. The largest absolute Gasteiger partial charge is 0.494 e. The smallest absolute Gasteiger partial charge is 0.290 e. The number of nitrogens with zero attached hydrogens (tertiary/aromatic N) is 1. The third kappa shape index (κ3) is 6.88. The van der Waals surface area contributed by atoms with Gasteiger partial charge in [-0.3, -0.25) is 9.59 Å². The Hall–Kier alpha value is -2.23. The number of halogens is 1. The molecule has 2 fully saturated rings. The SMILES string of the molecule is CC(=O)N[C@@]1(C)CCOC2(CCN(CCCOc3ccc(F)cc3)CC2)[C@@H]1O.O=CO. The van der Waals surface area contributed by atoms with E-state index in [0.29, 0.717) is 25.4 Å². The number of likely N-dealkylation sites (tertiary alicyclic amines) is 1. The molecule has 0 aliphatic carbocycles. The van der Waals surface area contributed by atoms with Gasteiger partial charge in [-0.1, -0.05) is 0 Å². The number of benzene rings is 1. The molecule has 2 saturated heterocycles. The quantitative estimate of drug-likeness (QED) is 0.457. The molecule has 0 saturated carbocycles. The van der Waals surface area contributed by atoms with Gasteiger partial charge in [0, 0.05) is 33.2 Å². The summed E-state index contributed by atoms with van der Waals surface area (Å²) in [7, 11) is 0. The number of piperidine rings is 1. The van der Waals surface area contributed by atoms with Gasteiger partial charge in [-0.15, -0.1) is 0 Å². The average molecular weight is 441 g/mol. The minimum absolute atomic E-state index is 0.128. The highest BCUT2D eigenvalue weighted by Crippen LogP contribution is 2.39. The lowest BCUT2D eigenvalue weighted by Gasteiger charge is -2.53. The van der Waals surface area contributed by atoms with Crippen LogP contribution in [-0.4, -0.2) is 77.6 Å². The van der Waals surface area contributed by atoms with Crippen molar-refractivity contribution in [3.05, 3.63) is 30.1 Å². The number of hydrogen-bond acceptors (Lipinski definition) is 6. The average Bonchev–Trinajstić information content (AvgIpc) is 2.72. The van der Waals surface area contributed by atoms with E-state index in [-0.39, 0.29) is 18.2 Å². The summed E-state index contributed by atoms with van der Waals surface area (Å²) in [6, 6.07) is 6.05. The number of aliphatic hydroxyl groups is 1. The first-order valence-electron chi connectivity index (χ1n) is 10.5. The summed E-state index contributed by atoms with van der Waals surface area (Å²) in [6.07, 6.45) is 2.24. The molecular weight excluding hydrogens is 407 g/mol. The van der Waals surface area contributed by atoms with Crippen LogP contribution in [0.1, 0.15) is 39.5 Å². The minimum atomic E-state index is -0.721. The molecule has 3 rings (SSSR count). The number of aliphatic hydroxyl groups excluding tert-OH is 1. The van der Waals surface area contributed by atoms with Crippen molar-refractivity contribution in [3.8, 4) is 5.75 Å². The fraction of sp³-hybridized carbons (Fsp3) is 0.636. The van der Waals surface area contributed by atoms with Gasteiger partial charge >= 0.3 is 0 Å². The van der Waals surface area contributed by atoms with E-state index in [1.54, 1.807) is 12.1 Å². The molecule has 0 radical (unpaired) electrons. The standard InChI is InChI=1S/C21H31FN2O4.CH2O2/c1-16(25)23-20(2)10-15-28-21(19(20)26)8-12-24(13-9-21)11-3-14-27-18-6-4-17(22)5-7-18;2-1-3/h4-7,19,26H,3,8-15H2,1-2H3,(H,23,25);1H,(H,2,3)/t19-,20+;/m1./s1. The molecule has 3 N–H and O–H groups in total. The van der Waals surface area contributed by atoms with Gasteiger partial charge in [0.15, 0.2) is 0 Å². The van der Waals surface area contributed by atoms with Crippen LogP contribution in [-0.2, 0) is 14.3 Å². The summed E-state index contributed by atoms with van der Waals surface area (Å²) in [5.74, 6) is 0.281. The van der Waals surface area contributed by atoms with Crippen LogP contribution >= 0.6 is 0 Å². The number of nitrogens with one attached hydrogen (secondary N) is 1. The second-order valence-electron chi connectivity index (χ2n) is 8.27. The summed E-state index contributed by atoms with van der Waals surface area (Å²) in [5, 5.41) is 20.8. The van der Waals surface area contributed by atoms with E-state index < -0.39 is 17.2 Å². The zero-order valence-corrected chi connectivity index (χ0v) is 18.2. The van der Waals surface area contributed by atoms with Gasteiger partial charge < -0.3 is 29.9 Å². The van der Waals surface area contributed by atoms with Crippen LogP contribution in [0.5, 0.6) is 5.75 Å². The maximum absolute atomic E-state index is 12.9. The third-order valence-electron chi connectivity index (χ3n) is 5.98. The Morgan fingerprint density at radius 1 is 1.32 bits per heavy atom. The van der Waals surface area contributed by atoms with Crippen molar-refractivity contribution in [3.63, 3.8) is 0 Å². The van der Waals surface area contributed by atoms with Crippen molar-refractivity contribution in [1.29, 1.82) is 0 Å². The first kappa shape index (κ1) is 25.0. The number of carboxylic acid groups (broad SMARTS) is 1. The van der Waals surface area contributed by atoms with Gasteiger partial charge in [0.25, 0.3) is 6.47 Å². The molecule has 0 aromatic heterocycles. The van der Waals surface area contributed by atoms with Gasteiger partial charge in [-0.2, -0.15) is 0 Å². The normalized spacial score (nSPS) is 25.2. The monoisotopic (exact) mass is 440 g/mol. The molecule has 1 amide bonds. The minimum Gasteiger partial charge on any atom is -0.494 e. The number of ether oxygens (including phenoxy) is 2. The molecule has 1 aromatic rings. The number of rotatable bonds is 6. The maximum Gasteiger partial charge on any atom is 0.290 e. The highest BCUT2D eigenvalue weighted by molar-refractivity contribution is 5.74. The topological polar surface area (TPSA) is 108 Å². The van der Waals surface area contributed by atoms with Crippen LogP contribution in [0.15, 0.2) is 24.3 Å². The lowest BCUT2D eigenvalue weighted by molar-refractivity contribution is -0.207. The highest BCUT2D eigenvalue weighted by Gasteiger charge is 2.53. The fourth-order valence-electron chi connectivity index (χ4n) is 4.38. The first-order valence-corrected chi connectivity index (χ1v) is 10.5. The van der Waals surface area contributed by atoms with Crippen molar-refractivity contribution >= 4 is 12.4 Å². The zero-order valence-electron chi connectivity index (χ0n) is 18.2. The second kappa shape index (κ2) is 11.4. The van der Waals surface area contributed by atoms with Crippen molar-refractivity contribution < 1.29 is 33.7 Å². The fourth-order valence-corrected chi connectivity index (χ4v) is 4.38. The van der Waals surface area contributed by atoms with Gasteiger partial charge in [0.1, 0.15) is 17.7 Å². The molecule has 1 spiro atoms. The van der Waals surface area contributed by atoms with Crippen LogP contribution in [0.3, 0.4) is 0 Å². The Morgan fingerprint density at radius 2 is 1.94 bits per heavy atom. The summed E-state index contributed by atoms with van der Waals surface area (Å²) < 4.78 is 24.6. The van der Waals surface area contributed by atoms with Gasteiger partial charge in [0.05, 0.1) is 17.7 Å². The van der Waals surface area contributed by atoms with E-state index >= 15 is 0 Å². The highest BCUT2D eigenvalue weighted by atomic mass is 19.1. The molecular formula is C22H33FN2O6. The van der Waals surface area contributed by atoms with E-state index in [4.69, 9.17) is 19.4 Å². The molecule has 2 aliphatic heterocycles. The summed E-state index contributed by atoms with van der Waals surface area (Å²) in [4.78, 5) is 22.3. The maximum atomic E-state index is 12.9. The molecule has 2 heterocycles. The zero-order chi connectivity index (χ0) is 22.9. The molecule has 174 valence electrons. The first-order chi connectivity index (χ1) is 14.7. The van der Waals surface area contributed by atoms with Crippen LogP contribution in [0.2, 0.25) is 0 Å². The van der Waals surface area contributed by atoms with Crippen molar-refractivity contribution in [2.24, 2.45) is 0 Å². The number of hydrogen-bond donors (Lipinski definition) is 3. The van der Waals surface area contributed by atoms with Crippen LogP contribution in [0.4, 0.5) is 4.39 Å². The van der Waals surface area contributed by atoms with Crippen molar-refractivity contribution in [1.82, 2.24) is 10.2 Å². The van der Waals surface area contributed by atoms with E-state index in [2.05, 4.69) is 10.2 Å². The predicted octanol–water partition coefficient (Wildman–Crippen LogP) is 1.81. The summed E-state index contributed by atoms with van der Waals surface area (Å²) in [6.45, 7) is 6.83. The van der Waals surface area contributed by atoms with Gasteiger partial charge in [-0.05, 0) is 56.9 Å². The van der Waals surface area contributed by atoms with Crippen LogP contribution < -0.4 is 10.1 Å². The predicted molar refractivity (Wildman–Crippen MR) is 112 cm³/mol. The summed E-state index contributed by atoms with van der Waals surface area (Å²) in [5.41, 5.74) is -1.23. The molecule has 8 nitrogen and oxygen atoms in total. The summed E-state index contributed by atoms with van der Waals surface area (Å²) >= 11 is 0. The van der Waals surface area contributed by atoms with E-state index in [1.165, 1.54) is 19.1 Å². The molecule has 2 aliphatic rings. The lowest BCUT2D eigenvalue weighted by Crippen LogP contribution is -2.69. The van der Waals surface area contributed by atoms with E-state index in [9.17, 15) is 14.3 Å². The molecule has 0 unspecified atom stereocenters. The Kier molecular flexibility index (Phi) is 9.21. The van der Waals surface area contributed by atoms with E-state index in [0.717, 1.165) is 38.9 Å². The van der Waals surface area contributed by atoms with Crippen LogP contribution in [0.25, 0.3) is 0 Å². The van der Waals surface area contributed by atoms with Gasteiger partial charge in [0.2, 0.25) is 5.91 Å². The van der Waals surface area contributed by atoms with E-state index in [1.807, 2.05) is 6.92 Å². The molecule has 9 heteroatoms. The Labute approximate surface area is 182 Å². The molecule has 2 atom stereocenters. The second-order valence-corrected chi connectivity index (χ2v) is 8.27. The molecule has 0 bridgehead atoms. The number of carbonyl (C=O) groups is 2. The Morgan fingerprint density at radius 3 is 2.52 bits per heavy atom. The molecule has 31 heavy (non-hydrogen) atoms. The Bertz CT molecular complexity index is 708. The number of carbonyl (C=O) groups excluding carboxylic acids is 1. The van der Waals surface area contributed by atoms with Crippen LogP contribution in [0, 0.1) is 5.82 Å². The number of amides is 1. The third-order valence-corrected chi connectivity index (χ3v) is 5.98. The van der Waals surface area contributed by atoms with Gasteiger partial charge in [-0.25, -0.2) is 4.39 Å². The lowest BCUT2D eigenvalue weighted by atomic mass is 9.73. The van der Waals surface area contributed by atoms with Crippen molar-refractivity contribution in [2.75, 3.05) is 32.8 Å².